The Hall–Kier alpha value is -0.0600. The summed E-state index contributed by atoms with van der Waals surface area (Å²) in [6, 6.07) is 0. The summed E-state index contributed by atoms with van der Waals surface area (Å²) >= 11 is 8.66. The largest absolute Gasteiger partial charge is 0.464 e. The van der Waals surface area contributed by atoms with Gasteiger partial charge in [0.05, 0.1) is 6.61 Å². The first-order chi connectivity index (χ1) is 8.97. The number of hydrogen-bond donors (Lipinski definition) is 0. The highest BCUT2D eigenvalue weighted by molar-refractivity contribution is 8.51. The molecule has 9 heteroatoms. The number of carbonyl (C=O) groups excluding carboxylic acids is 2. The average molecular weight is 346 g/mol. The van der Waals surface area contributed by atoms with Crippen molar-refractivity contribution >= 4 is 51.9 Å². The van der Waals surface area contributed by atoms with Crippen LogP contribution in [0.3, 0.4) is 0 Å². The molecular formula is C10H19NO4S4. The Morgan fingerprint density at radius 3 is 2.11 bits per heavy atom. The van der Waals surface area contributed by atoms with Crippen molar-refractivity contribution in [1.82, 2.24) is 4.90 Å². The van der Waals surface area contributed by atoms with Crippen molar-refractivity contribution in [3.63, 3.8) is 0 Å². The van der Waals surface area contributed by atoms with Crippen molar-refractivity contribution in [3.8, 4) is 0 Å². The molecule has 112 valence electrons. The van der Waals surface area contributed by atoms with Gasteiger partial charge in [0.2, 0.25) is 0 Å². The lowest BCUT2D eigenvalue weighted by atomic mass is 10.3. The molecule has 0 saturated carbocycles. The van der Waals surface area contributed by atoms with Gasteiger partial charge in [0.25, 0.3) is 0 Å². The van der Waals surface area contributed by atoms with E-state index in [4.69, 9.17) is 9.47 Å². The van der Waals surface area contributed by atoms with Crippen LogP contribution in [0.1, 0.15) is 13.3 Å². The number of nitrogens with zero attached hydrogens (tertiary/aromatic N) is 1. The van der Waals surface area contributed by atoms with Crippen molar-refractivity contribution in [2.75, 3.05) is 40.5 Å². The van der Waals surface area contributed by atoms with Crippen molar-refractivity contribution in [3.05, 3.63) is 0 Å². The van der Waals surface area contributed by atoms with Crippen LogP contribution in [0.2, 0.25) is 0 Å². The second-order valence-electron chi connectivity index (χ2n) is 3.53. The first kappa shape index (κ1) is 21.2. The number of rotatable bonds is 8. The molecule has 5 nitrogen and oxygen atoms in total. The van der Waals surface area contributed by atoms with Crippen LogP contribution in [0.5, 0.6) is 0 Å². The van der Waals surface area contributed by atoms with E-state index in [1.54, 1.807) is 7.11 Å². The Bertz CT molecular complexity index is 330. The fraction of sp³-hybridized carbons (Fsp3) is 0.800. The highest BCUT2D eigenvalue weighted by Crippen LogP contribution is 1.89. The molecule has 0 rings (SSSR count). The summed E-state index contributed by atoms with van der Waals surface area (Å²) in [4.78, 5) is 23.5. The van der Waals surface area contributed by atoms with Gasteiger partial charge in [-0.25, -0.2) is 0 Å². The van der Waals surface area contributed by atoms with Gasteiger partial charge < -0.3 is 14.4 Å². The molecular weight excluding hydrogens is 326 g/mol. The van der Waals surface area contributed by atoms with Crippen molar-refractivity contribution < 1.29 is 19.1 Å². The summed E-state index contributed by atoms with van der Waals surface area (Å²) in [6.07, 6.45) is -0.137. The first-order valence-corrected chi connectivity index (χ1v) is 9.38. The van der Waals surface area contributed by atoms with Gasteiger partial charge in [0.15, 0.2) is 0 Å². The SMILES string of the molecule is COCCN(C)CCOC(=O)CC(C)=O.S=S=S=S. The van der Waals surface area contributed by atoms with E-state index in [0.717, 1.165) is 6.54 Å². The molecule has 0 saturated heterocycles. The van der Waals surface area contributed by atoms with E-state index in [0.29, 0.717) is 19.8 Å². The number of carbonyl (C=O) groups is 2. The summed E-state index contributed by atoms with van der Waals surface area (Å²) in [7, 11) is 5.90. The minimum absolute atomic E-state index is 0.137. The Labute approximate surface area is 129 Å². The van der Waals surface area contributed by atoms with Gasteiger partial charge in [0, 0.05) is 60.3 Å². The molecule has 0 amide bonds. The van der Waals surface area contributed by atoms with Crippen LogP contribution in [-0.2, 0) is 59.2 Å². The highest BCUT2D eigenvalue weighted by atomic mass is 33.2. The Morgan fingerprint density at radius 1 is 1.16 bits per heavy atom. The maximum Gasteiger partial charge on any atom is 0.313 e. The third-order valence-corrected chi connectivity index (χ3v) is 4.06. The third-order valence-electron chi connectivity index (χ3n) is 1.83. The highest BCUT2D eigenvalue weighted by Gasteiger charge is 2.06. The molecule has 0 atom stereocenters. The van der Waals surface area contributed by atoms with Crippen molar-refractivity contribution in [2.45, 2.75) is 13.3 Å². The molecule has 0 spiro atoms. The maximum atomic E-state index is 11.0. The summed E-state index contributed by atoms with van der Waals surface area (Å²) in [5, 5.41) is 0. The van der Waals surface area contributed by atoms with E-state index in [-0.39, 0.29) is 12.2 Å². The second kappa shape index (κ2) is 16.0. The monoisotopic (exact) mass is 345 g/mol. The molecule has 0 bridgehead atoms. The molecule has 0 heterocycles. The Balaban J connectivity index is 0. The lowest BCUT2D eigenvalue weighted by molar-refractivity contribution is -0.146. The van der Waals surface area contributed by atoms with Gasteiger partial charge in [0.1, 0.15) is 18.8 Å². The normalized spacial score (nSPS) is 9.26. The molecule has 0 aliphatic rings. The standard InChI is InChI=1S/C10H19NO4.S4/c1-9(12)8-10(13)15-7-5-11(2)4-6-14-3;1-3-4-2/h4-8H2,1-3H3;. The first-order valence-electron chi connectivity index (χ1n) is 5.38. The Morgan fingerprint density at radius 2 is 1.68 bits per heavy atom. The summed E-state index contributed by atoms with van der Waals surface area (Å²) in [5.41, 5.74) is 0. The van der Waals surface area contributed by atoms with Gasteiger partial charge in [-0.1, -0.05) is 0 Å². The van der Waals surface area contributed by atoms with Gasteiger partial charge in [-0.3, -0.25) is 9.59 Å². The molecule has 0 fully saturated rings. The number of esters is 1. The molecule has 0 aliphatic carbocycles. The van der Waals surface area contributed by atoms with Gasteiger partial charge >= 0.3 is 5.97 Å². The van der Waals surface area contributed by atoms with Crippen molar-refractivity contribution in [2.24, 2.45) is 0 Å². The summed E-state index contributed by atoms with van der Waals surface area (Å²) in [6.45, 7) is 3.77. The number of hydrogen-bond acceptors (Lipinski definition) is 7. The molecule has 0 aromatic carbocycles. The molecule has 0 unspecified atom stereocenters. The molecule has 0 aromatic rings. The number of likely N-dealkylation sites (N-methyl/N-ethyl adjacent to an activating group) is 1. The number of ether oxygens (including phenoxy) is 2. The van der Waals surface area contributed by atoms with Gasteiger partial charge in [-0.05, 0) is 14.0 Å². The van der Waals surface area contributed by atoms with Crippen LogP contribution in [0.15, 0.2) is 0 Å². The van der Waals surface area contributed by atoms with Gasteiger partial charge in [-0.2, -0.15) is 0 Å². The number of Topliss-reactive ketones (excluding diaryl/α,β-unsaturated/α-hetero) is 1. The molecule has 0 radical (unpaired) electrons. The summed E-state index contributed by atoms with van der Waals surface area (Å²) < 4.78 is 9.76. The van der Waals surface area contributed by atoms with Crippen LogP contribution in [0.4, 0.5) is 0 Å². The third kappa shape index (κ3) is 20.4. The lowest BCUT2D eigenvalue weighted by Gasteiger charge is -2.15. The van der Waals surface area contributed by atoms with E-state index in [9.17, 15) is 9.59 Å². The lowest BCUT2D eigenvalue weighted by Crippen LogP contribution is -2.27. The van der Waals surface area contributed by atoms with Crippen LogP contribution in [0.25, 0.3) is 0 Å². The predicted octanol–water partition coefficient (Wildman–Crippen LogP) is 0.0773. The second-order valence-corrected chi connectivity index (χ2v) is 7.07. The van der Waals surface area contributed by atoms with E-state index in [2.05, 4.69) is 22.4 Å². The fourth-order valence-electron chi connectivity index (χ4n) is 0.929. The van der Waals surface area contributed by atoms with Crippen molar-refractivity contribution in [1.29, 1.82) is 0 Å². The number of methoxy groups -OCH3 is 1. The van der Waals surface area contributed by atoms with Crippen LogP contribution in [-0.4, -0.2) is 57.1 Å². The quantitative estimate of drug-likeness (QED) is 0.456. The minimum Gasteiger partial charge on any atom is -0.464 e. The topological polar surface area (TPSA) is 55.8 Å². The fourth-order valence-corrected chi connectivity index (χ4v) is 0.929. The molecule has 0 aliphatic heterocycles. The minimum atomic E-state index is -0.456. The predicted molar refractivity (Wildman–Crippen MR) is 85.1 cm³/mol. The molecule has 0 aromatic heterocycles. The maximum absolute atomic E-state index is 11.0. The zero-order chi connectivity index (χ0) is 15.1. The molecule has 19 heavy (non-hydrogen) atoms. The van der Waals surface area contributed by atoms with Crippen LogP contribution < -0.4 is 0 Å². The summed E-state index contributed by atoms with van der Waals surface area (Å²) in [5.74, 6) is -0.629. The zero-order valence-corrected chi connectivity index (χ0v) is 14.5. The van der Waals surface area contributed by atoms with E-state index < -0.39 is 5.97 Å². The zero-order valence-electron chi connectivity index (χ0n) is 11.2. The van der Waals surface area contributed by atoms with Gasteiger partial charge in [-0.15, -0.1) is 0 Å². The van der Waals surface area contributed by atoms with Crippen LogP contribution in [0, 0.1) is 0 Å². The molecule has 0 N–H and O–H groups in total. The van der Waals surface area contributed by atoms with E-state index in [1.165, 1.54) is 24.7 Å². The van der Waals surface area contributed by atoms with Crippen LogP contribution >= 0.6 is 0 Å². The number of ketones is 1. The van der Waals surface area contributed by atoms with E-state index in [1.807, 2.05) is 11.9 Å². The van der Waals surface area contributed by atoms with E-state index >= 15 is 0 Å². The smallest absolute Gasteiger partial charge is 0.313 e. The average Bonchev–Trinajstić information content (AvgIpc) is 2.35. The Kier molecular flexibility index (Phi) is 17.9.